The van der Waals surface area contributed by atoms with E-state index in [1.54, 1.807) is 6.08 Å². The summed E-state index contributed by atoms with van der Waals surface area (Å²) in [6.45, 7) is 2.78. The first kappa shape index (κ1) is 66.3. The zero-order chi connectivity index (χ0) is 52.4. The van der Waals surface area contributed by atoms with Crippen molar-refractivity contribution < 1.29 is 64.6 Å². The average Bonchev–Trinajstić information content (AvgIpc) is 3.38. The lowest BCUT2D eigenvalue weighted by molar-refractivity contribution is -0.359. The molecule has 0 spiro atoms. The number of allylic oxidation sites excluding steroid dienone is 5. The second-order valence-corrected chi connectivity index (χ2v) is 20.8. The Hall–Kier alpha value is -1.79. The van der Waals surface area contributed by atoms with Crippen LogP contribution >= 0.6 is 0 Å². The van der Waals surface area contributed by atoms with Gasteiger partial charge in [-0.15, -0.1) is 0 Å². The molecule has 2 aliphatic heterocycles. The summed E-state index contributed by atoms with van der Waals surface area (Å²) in [7, 11) is 0. The molecular formula is C58H107NO13. The Labute approximate surface area is 436 Å². The van der Waals surface area contributed by atoms with E-state index in [9.17, 15) is 45.6 Å². The molecule has 0 aromatic carbocycles. The highest BCUT2D eigenvalue weighted by Gasteiger charge is 2.51. The molecule has 14 heteroatoms. The number of ether oxygens (including phenoxy) is 4. The Morgan fingerprint density at radius 2 is 0.917 bits per heavy atom. The molecule has 0 bridgehead atoms. The molecule has 12 unspecified atom stereocenters. The molecule has 2 heterocycles. The van der Waals surface area contributed by atoms with Gasteiger partial charge in [-0.05, 0) is 51.4 Å². The molecule has 2 rings (SSSR count). The first-order valence-corrected chi connectivity index (χ1v) is 29.2. The standard InChI is InChI=1S/C58H107NO13/c1-3-5-7-9-11-13-15-17-19-21-22-23-24-25-26-27-29-31-33-35-37-39-41-47(62)46(59-50(63)42-40-38-36-34-32-30-28-20-18-16-14-12-10-8-6-4-2)45-69-57-55(68)53(66)56(49(44-61)71-57)72-58-54(67)52(65)51(64)48(43-60)70-58/h14,16,20,28,39,41,46-49,51-58,60-62,64-68H,3-13,15,17-19,21-27,29-38,40,42-45H2,1-2H3,(H,59,63)/b16-14-,28-20-,41-39+. The Kier molecular flexibility index (Phi) is 40.9. The molecule has 0 saturated carbocycles. The fourth-order valence-corrected chi connectivity index (χ4v) is 9.56. The van der Waals surface area contributed by atoms with Crippen molar-refractivity contribution in [1.29, 1.82) is 0 Å². The van der Waals surface area contributed by atoms with Gasteiger partial charge in [-0.1, -0.05) is 211 Å². The van der Waals surface area contributed by atoms with Crippen molar-refractivity contribution >= 4 is 5.91 Å². The van der Waals surface area contributed by atoms with Gasteiger partial charge in [-0.3, -0.25) is 4.79 Å². The molecule has 72 heavy (non-hydrogen) atoms. The fraction of sp³-hybridized carbons (Fsp3) is 0.879. The lowest BCUT2D eigenvalue weighted by Gasteiger charge is -2.46. The first-order valence-electron chi connectivity index (χ1n) is 29.2. The smallest absolute Gasteiger partial charge is 0.220 e. The van der Waals surface area contributed by atoms with E-state index in [0.29, 0.717) is 6.42 Å². The molecule has 0 aromatic rings. The molecule has 2 aliphatic rings. The highest BCUT2D eigenvalue weighted by atomic mass is 16.7. The SMILES string of the molecule is CCCCCC/C=C\C/C=C\CCCCCCCC(=O)NC(COC1OC(CO)C(OC2OC(CO)C(O)C(O)C2O)C(O)C1O)C(O)/C=C/CCCCCCCCCCCCCCCCCCCCCC. The van der Waals surface area contributed by atoms with E-state index in [1.807, 2.05) is 6.08 Å². The van der Waals surface area contributed by atoms with Crippen LogP contribution in [-0.2, 0) is 23.7 Å². The minimum absolute atomic E-state index is 0.252. The van der Waals surface area contributed by atoms with Crippen LogP contribution in [0, 0.1) is 0 Å². The van der Waals surface area contributed by atoms with Gasteiger partial charge < -0.3 is 65.1 Å². The van der Waals surface area contributed by atoms with Gasteiger partial charge in [0.15, 0.2) is 12.6 Å². The van der Waals surface area contributed by atoms with Crippen LogP contribution < -0.4 is 5.32 Å². The van der Waals surface area contributed by atoms with Gasteiger partial charge in [-0.25, -0.2) is 0 Å². The maximum absolute atomic E-state index is 13.2. The van der Waals surface area contributed by atoms with Gasteiger partial charge in [-0.2, -0.15) is 0 Å². The number of amides is 1. The first-order chi connectivity index (χ1) is 35.1. The molecule has 0 aromatic heterocycles. The van der Waals surface area contributed by atoms with Crippen molar-refractivity contribution in [3.05, 3.63) is 36.5 Å². The molecule has 422 valence electrons. The molecule has 9 N–H and O–H groups in total. The third kappa shape index (κ3) is 30.1. The number of aliphatic hydroxyl groups excluding tert-OH is 8. The highest BCUT2D eigenvalue weighted by molar-refractivity contribution is 5.76. The van der Waals surface area contributed by atoms with Crippen LogP contribution in [0.1, 0.15) is 232 Å². The minimum atomic E-state index is -1.79. The molecular weight excluding hydrogens is 919 g/mol. The maximum atomic E-state index is 13.2. The highest BCUT2D eigenvalue weighted by Crippen LogP contribution is 2.30. The summed E-state index contributed by atoms with van der Waals surface area (Å²) in [6, 6.07) is -0.921. The van der Waals surface area contributed by atoms with E-state index >= 15 is 0 Å². The van der Waals surface area contributed by atoms with Gasteiger partial charge in [0.2, 0.25) is 5.91 Å². The van der Waals surface area contributed by atoms with Gasteiger partial charge >= 0.3 is 0 Å². The largest absolute Gasteiger partial charge is 0.394 e. The van der Waals surface area contributed by atoms with Crippen LogP contribution in [-0.4, -0.2) is 140 Å². The zero-order valence-electron chi connectivity index (χ0n) is 45.2. The van der Waals surface area contributed by atoms with Crippen LogP contribution in [0.15, 0.2) is 36.5 Å². The predicted octanol–water partition coefficient (Wildman–Crippen LogP) is 9.44. The Morgan fingerprint density at radius 1 is 0.500 bits per heavy atom. The van der Waals surface area contributed by atoms with Gasteiger partial charge in [0.25, 0.3) is 0 Å². The second kappa shape index (κ2) is 44.3. The second-order valence-electron chi connectivity index (χ2n) is 20.8. The molecule has 2 fully saturated rings. The summed E-state index contributed by atoms with van der Waals surface area (Å²) >= 11 is 0. The van der Waals surface area contributed by atoms with Crippen LogP contribution in [0.25, 0.3) is 0 Å². The van der Waals surface area contributed by atoms with Crippen molar-refractivity contribution in [3.8, 4) is 0 Å². The van der Waals surface area contributed by atoms with E-state index in [2.05, 4.69) is 43.5 Å². The molecule has 12 atom stereocenters. The molecule has 14 nitrogen and oxygen atoms in total. The predicted molar refractivity (Wildman–Crippen MR) is 286 cm³/mol. The van der Waals surface area contributed by atoms with Crippen molar-refractivity contribution in [2.24, 2.45) is 0 Å². The quantitative estimate of drug-likeness (QED) is 0.0205. The number of aliphatic hydroxyl groups is 8. The maximum Gasteiger partial charge on any atom is 0.220 e. The number of hydrogen-bond donors (Lipinski definition) is 9. The Balaban J connectivity index is 1.79. The number of hydrogen-bond acceptors (Lipinski definition) is 13. The van der Waals surface area contributed by atoms with E-state index in [4.69, 9.17) is 18.9 Å². The van der Waals surface area contributed by atoms with E-state index in [1.165, 1.54) is 141 Å². The lowest BCUT2D eigenvalue weighted by Crippen LogP contribution is -2.65. The Bertz CT molecular complexity index is 1350. The van der Waals surface area contributed by atoms with Crippen LogP contribution in [0.2, 0.25) is 0 Å². The number of carbonyl (C=O) groups excluding carboxylic acids is 1. The molecule has 0 radical (unpaired) electrons. The lowest BCUT2D eigenvalue weighted by atomic mass is 9.97. The van der Waals surface area contributed by atoms with Crippen molar-refractivity contribution in [1.82, 2.24) is 5.32 Å². The van der Waals surface area contributed by atoms with Crippen LogP contribution in [0.4, 0.5) is 0 Å². The number of nitrogens with one attached hydrogen (secondary N) is 1. The summed E-state index contributed by atoms with van der Waals surface area (Å²) < 4.78 is 22.8. The fourth-order valence-electron chi connectivity index (χ4n) is 9.56. The summed E-state index contributed by atoms with van der Waals surface area (Å²) in [5, 5.41) is 87.0. The normalized spacial score (nSPS) is 25.8. The topological polar surface area (TPSA) is 228 Å². The summed E-state index contributed by atoms with van der Waals surface area (Å²) in [5.41, 5.74) is 0. The number of unbranched alkanes of at least 4 members (excludes halogenated alkanes) is 29. The van der Waals surface area contributed by atoms with E-state index in [-0.39, 0.29) is 18.9 Å². The average molecular weight is 1030 g/mol. The number of rotatable bonds is 46. The number of carbonyl (C=O) groups is 1. The molecule has 1 amide bonds. The van der Waals surface area contributed by atoms with Crippen LogP contribution in [0.3, 0.4) is 0 Å². The third-order valence-corrected chi connectivity index (χ3v) is 14.3. The minimum Gasteiger partial charge on any atom is -0.394 e. The zero-order valence-corrected chi connectivity index (χ0v) is 45.2. The van der Waals surface area contributed by atoms with Crippen molar-refractivity contribution in [2.75, 3.05) is 19.8 Å². The van der Waals surface area contributed by atoms with Gasteiger partial charge in [0.05, 0.1) is 32.0 Å². The monoisotopic (exact) mass is 1030 g/mol. The third-order valence-electron chi connectivity index (χ3n) is 14.3. The summed E-state index contributed by atoms with van der Waals surface area (Å²) in [6.07, 6.45) is 36.1. The van der Waals surface area contributed by atoms with Gasteiger partial charge in [0, 0.05) is 6.42 Å². The molecule has 2 saturated heterocycles. The van der Waals surface area contributed by atoms with E-state index < -0.39 is 86.8 Å². The Morgan fingerprint density at radius 3 is 1.40 bits per heavy atom. The van der Waals surface area contributed by atoms with Crippen molar-refractivity contribution in [3.63, 3.8) is 0 Å². The summed E-state index contributed by atoms with van der Waals surface area (Å²) in [4.78, 5) is 13.2. The summed E-state index contributed by atoms with van der Waals surface area (Å²) in [5.74, 6) is -0.252. The van der Waals surface area contributed by atoms with Crippen molar-refractivity contribution in [2.45, 2.75) is 306 Å². The van der Waals surface area contributed by atoms with Crippen LogP contribution in [0.5, 0.6) is 0 Å². The molecule has 0 aliphatic carbocycles. The van der Waals surface area contributed by atoms with E-state index in [0.717, 1.165) is 64.2 Å². The van der Waals surface area contributed by atoms with Gasteiger partial charge in [0.1, 0.15) is 48.8 Å².